The molecular weight excluding hydrogens is 174 g/mol. The highest BCUT2D eigenvalue weighted by Gasteiger charge is 2.35. The second kappa shape index (κ2) is 4.04. The van der Waals surface area contributed by atoms with Gasteiger partial charge in [-0.2, -0.15) is 0 Å². The third-order valence-electron chi connectivity index (χ3n) is 2.45. The topological polar surface area (TPSA) is 104 Å². The Kier molecular flexibility index (Phi) is 3.24. The first-order valence-corrected chi connectivity index (χ1v) is 4.33. The summed E-state index contributed by atoms with van der Waals surface area (Å²) in [5.74, 6) is -1.07. The van der Waals surface area contributed by atoms with Crippen molar-refractivity contribution >= 4 is 5.91 Å². The lowest BCUT2D eigenvalue weighted by molar-refractivity contribution is -0.125. The number of hydrogen-bond acceptors (Lipinski definition) is 4. The molecule has 1 saturated carbocycles. The molecule has 0 heterocycles. The molecule has 0 radical (unpaired) electrons. The van der Waals surface area contributed by atoms with Crippen molar-refractivity contribution in [1.29, 1.82) is 0 Å². The van der Waals surface area contributed by atoms with E-state index in [1.165, 1.54) is 0 Å². The summed E-state index contributed by atoms with van der Waals surface area (Å²) in [6.07, 6.45) is -1.99. The van der Waals surface area contributed by atoms with Crippen molar-refractivity contribution in [3.05, 3.63) is 0 Å². The monoisotopic (exact) mass is 189 g/mol. The van der Waals surface area contributed by atoms with E-state index in [4.69, 9.17) is 10.8 Å². The molecule has 76 valence electrons. The molecule has 5 heteroatoms. The van der Waals surface area contributed by atoms with Crippen LogP contribution in [-0.4, -0.2) is 39.5 Å². The minimum atomic E-state index is -0.841. The summed E-state index contributed by atoms with van der Waals surface area (Å²) in [4.78, 5) is 10.6. The number of amides is 1. The van der Waals surface area contributed by atoms with Gasteiger partial charge in [0.25, 0.3) is 0 Å². The largest absolute Gasteiger partial charge is 0.393 e. The molecule has 2 atom stereocenters. The molecule has 5 N–H and O–H groups in total. The molecule has 0 saturated heterocycles. The quantitative estimate of drug-likeness (QED) is 0.418. The fourth-order valence-electron chi connectivity index (χ4n) is 1.76. The molecule has 0 spiro atoms. The van der Waals surface area contributed by atoms with E-state index in [-0.39, 0.29) is 19.3 Å². The van der Waals surface area contributed by atoms with E-state index < -0.39 is 30.1 Å². The lowest BCUT2D eigenvalue weighted by Gasteiger charge is -2.34. The first-order chi connectivity index (χ1) is 6.00. The second-order valence-electron chi connectivity index (χ2n) is 3.59. The molecule has 0 aliphatic heterocycles. The zero-order chi connectivity index (χ0) is 10.0. The SMILES string of the molecule is NC(=O)CC1C(O)CC(O)CC1O. The highest BCUT2D eigenvalue weighted by molar-refractivity contribution is 5.74. The molecule has 0 aromatic rings. The normalized spacial score (nSPS) is 40.2. The number of carbonyl (C=O) groups is 1. The fraction of sp³-hybridized carbons (Fsp3) is 0.875. The summed E-state index contributed by atoms with van der Waals surface area (Å²) < 4.78 is 0. The van der Waals surface area contributed by atoms with E-state index in [0.717, 1.165) is 0 Å². The maximum absolute atomic E-state index is 10.6. The van der Waals surface area contributed by atoms with Crippen molar-refractivity contribution < 1.29 is 20.1 Å². The standard InChI is InChI=1S/C8H15NO4/c9-8(13)3-5-6(11)1-4(10)2-7(5)12/h4-7,10-12H,1-3H2,(H2,9,13). The van der Waals surface area contributed by atoms with Crippen molar-refractivity contribution in [2.24, 2.45) is 11.7 Å². The maximum Gasteiger partial charge on any atom is 0.217 e. The highest BCUT2D eigenvalue weighted by Crippen LogP contribution is 2.27. The molecule has 1 fully saturated rings. The smallest absolute Gasteiger partial charge is 0.217 e. The van der Waals surface area contributed by atoms with Gasteiger partial charge in [0.1, 0.15) is 0 Å². The van der Waals surface area contributed by atoms with E-state index >= 15 is 0 Å². The van der Waals surface area contributed by atoms with Crippen molar-refractivity contribution in [2.45, 2.75) is 37.6 Å². The molecule has 1 rings (SSSR count). The molecule has 2 unspecified atom stereocenters. The zero-order valence-electron chi connectivity index (χ0n) is 7.26. The van der Waals surface area contributed by atoms with E-state index in [9.17, 15) is 15.0 Å². The number of primary amides is 1. The Balaban J connectivity index is 2.56. The van der Waals surface area contributed by atoms with E-state index in [1.54, 1.807) is 0 Å². The van der Waals surface area contributed by atoms with Gasteiger partial charge in [-0.25, -0.2) is 0 Å². The number of nitrogens with two attached hydrogens (primary N) is 1. The van der Waals surface area contributed by atoms with Gasteiger partial charge in [0.05, 0.1) is 18.3 Å². The van der Waals surface area contributed by atoms with Crippen LogP contribution in [0.25, 0.3) is 0 Å². The van der Waals surface area contributed by atoms with Gasteiger partial charge in [0, 0.05) is 12.3 Å². The summed E-state index contributed by atoms with van der Waals surface area (Å²) in [5, 5.41) is 28.0. The summed E-state index contributed by atoms with van der Waals surface area (Å²) in [6, 6.07) is 0. The van der Waals surface area contributed by atoms with Gasteiger partial charge in [-0.1, -0.05) is 0 Å². The van der Waals surface area contributed by atoms with Crippen LogP contribution < -0.4 is 5.73 Å². The van der Waals surface area contributed by atoms with Crippen molar-refractivity contribution in [3.8, 4) is 0 Å². The zero-order valence-corrected chi connectivity index (χ0v) is 7.26. The summed E-state index contributed by atoms with van der Waals surface area (Å²) in [7, 11) is 0. The van der Waals surface area contributed by atoms with Crippen LogP contribution in [-0.2, 0) is 4.79 Å². The highest BCUT2D eigenvalue weighted by atomic mass is 16.3. The van der Waals surface area contributed by atoms with Crippen LogP contribution in [0.1, 0.15) is 19.3 Å². The van der Waals surface area contributed by atoms with Crippen LogP contribution in [0.3, 0.4) is 0 Å². The van der Waals surface area contributed by atoms with Gasteiger partial charge in [-0.05, 0) is 12.8 Å². The third kappa shape index (κ3) is 2.65. The third-order valence-corrected chi connectivity index (χ3v) is 2.45. The lowest BCUT2D eigenvalue weighted by atomic mass is 9.80. The minimum absolute atomic E-state index is 0.0327. The van der Waals surface area contributed by atoms with Crippen LogP contribution in [0.15, 0.2) is 0 Å². The van der Waals surface area contributed by atoms with E-state index in [1.807, 2.05) is 0 Å². The average Bonchev–Trinajstić information content (AvgIpc) is 1.96. The molecule has 5 nitrogen and oxygen atoms in total. The van der Waals surface area contributed by atoms with Crippen molar-refractivity contribution in [2.75, 3.05) is 0 Å². The van der Waals surface area contributed by atoms with Crippen LogP contribution in [0.4, 0.5) is 0 Å². The Labute approximate surface area is 76.2 Å². The van der Waals surface area contributed by atoms with Gasteiger partial charge >= 0.3 is 0 Å². The van der Waals surface area contributed by atoms with Crippen LogP contribution in [0, 0.1) is 5.92 Å². The molecule has 1 aliphatic rings. The van der Waals surface area contributed by atoms with Crippen molar-refractivity contribution in [3.63, 3.8) is 0 Å². The summed E-state index contributed by atoms with van der Waals surface area (Å²) in [6.45, 7) is 0. The van der Waals surface area contributed by atoms with Gasteiger partial charge in [-0.3, -0.25) is 4.79 Å². The summed E-state index contributed by atoms with van der Waals surface area (Å²) >= 11 is 0. The van der Waals surface area contributed by atoms with E-state index in [0.29, 0.717) is 0 Å². The van der Waals surface area contributed by atoms with Gasteiger partial charge in [0.2, 0.25) is 5.91 Å². The minimum Gasteiger partial charge on any atom is -0.393 e. The molecule has 13 heavy (non-hydrogen) atoms. The summed E-state index contributed by atoms with van der Waals surface area (Å²) in [5.41, 5.74) is 4.96. The second-order valence-corrected chi connectivity index (χ2v) is 3.59. The molecule has 0 bridgehead atoms. The number of hydrogen-bond donors (Lipinski definition) is 4. The van der Waals surface area contributed by atoms with Gasteiger partial charge in [0.15, 0.2) is 0 Å². The van der Waals surface area contributed by atoms with Gasteiger partial charge in [-0.15, -0.1) is 0 Å². The predicted octanol–water partition coefficient (Wildman–Crippen LogP) is -1.65. The Morgan fingerprint density at radius 1 is 1.23 bits per heavy atom. The number of rotatable bonds is 2. The maximum atomic E-state index is 10.6. The first kappa shape index (κ1) is 10.4. The molecule has 1 aliphatic carbocycles. The lowest BCUT2D eigenvalue weighted by Crippen LogP contribution is -2.43. The van der Waals surface area contributed by atoms with Crippen LogP contribution in [0.5, 0.6) is 0 Å². The van der Waals surface area contributed by atoms with Crippen LogP contribution >= 0.6 is 0 Å². The predicted molar refractivity (Wildman–Crippen MR) is 44.6 cm³/mol. The molecule has 1 amide bonds. The molecule has 0 aromatic carbocycles. The Bertz CT molecular complexity index is 185. The molecule has 0 aromatic heterocycles. The van der Waals surface area contributed by atoms with E-state index in [2.05, 4.69) is 0 Å². The Morgan fingerprint density at radius 2 is 1.69 bits per heavy atom. The number of aliphatic hydroxyl groups is 3. The molecular formula is C8H15NO4. The first-order valence-electron chi connectivity index (χ1n) is 4.33. The van der Waals surface area contributed by atoms with Gasteiger partial charge < -0.3 is 21.1 Å². The van der Waals surface area contributed by atoms with Crippen LogP contribution in [0.2, 0.25) is 0 Å². The Morgan fingerprint density at radius 3 is 2.08 bits per heavy atom. The average molecular weight is 189 g/mol. The Hall–Kier alpha value is -0.650. The van der Waals surface area contributed by atoms with Crippen molar-refractivity contribution in [1.82, 2.24) is 0 Å². The number of aliphatic hydroxyl groups excluding tert-OH is 3. The fourth-order valence-corrected chi connectivity index (χ4v) is 1.76. The number of carbonyl (C=O) groups excluding carboxylic acids is 1.